The zero-order valence-corrected chi connectivity index (χ0v) is 10.7. The van der Waals surface area contributed by atoms with E-state index >= 15 is 0 Å². The molecule has 2 rings (SSSR count). The minimum atomic E-state index is 0.592. The number of nitriles is 1. The van der Waals surface area contributed by atoms with Crippen molar-refractivity contribution in [2.75, 3.05) is 11.9 Å². The highest BCUT2D eigenvalue weighted by Crippen LogP contribution is 2.20. The molecule has 0 bridgehead atoms. The van der Waals surface area contributed by atoms with Crippen molar-refractivity contribution < 1.29 is 0 Å². The third-order valence-electron chi connectivity index (χ3n) is 2.62. The van der Waals surface area contributed by atoms with Gasteiger partial charge in [0.05, 0.1) is 12.1 Å². The lowest BCUT2D eigenvalue weighted by atomic mass is 10.2. The van der Waals surface area contributed by atoms with Crippen LogP contribution in [0.5, 0.6) is 0 Å². The molecule has 0 aliphatic heterocycles. The van der Waals surface area contributed by atoms with Gasteiger partial charge >= 0.3 is 0 Å². The van der Waals surface area contributed by atoms with Gasteiger partial charge in [-0.05, 0) is 36.1 Å². The Morgan fingerprint density at radius 2 is 2.24 bits per heavy atom. The molecule has 0 aliphatic rings. The summed E-state index contributed by atoms with van der Waals surface area (Å²) >= 11 is 1.76. The number of rotatable bonds is 3. The van der Waals surface area contributed by atoms with E-state index in [1.165, 1.54) is 10.4 Å². The molecule has 0 aliphatic carbocycles. The van der Waals surface area contributed by atoms with Gasteiger partial charge in [-0.25, -0.2) is 4.98 Å². The molecular formula is C13H13N3S. The Labute approximate surface area is 105 Å². The van der Waals surface area contributed by atoms with Gasteiger partial charge in [0.2, 0.25) is 0 Å². The van der Waals surface area contributed by atoms with Crippen LogP contribution in [-0.2, 0) is 6.54 Å². The van der Waals surface area contributed by atoms with Crippen molar-refractivity contribution in [3.05, 3.63) is 45.8 Å². The van der Waals surface area contributed by atoms with Gasteiger partial charge in [0, 0.05) is 18.1 Å². The molecular weight excluding hydrogens is 230 g/mol. The number of hydrogen-bond donors (Lipinski definition) is 0. The van der Waals surface area contributed by atoms with Crippen molar-refractivity contribution >= 4 is 17.2 Å². The van der Waals surface area contributed by atoms with Crippen LogP contribution in [0.2, 0.25) is 0 Å². The summed E-state index contributed by atoms with van der Waals surface area (Å²) in [6.07, 6.45) is 1.60. The van der Waals surface area contributed by atoms with E-state index in [1.807, 2.05) is 13.1 Å². The SMILES string of the molecule is Cc1ccsc1CN(C)c1ccc(C#N)cn1. The van der Waals surface area contributed by atoms with E-state index < -0.39 is 0 Å². The minimum Gasteiger partial charge on any atom is -0.355 e. The summed E-state index contributed by atoms with van der Waals surface area (Å²) in [5, 5.41) is 10.8. The Morgan fingerprint density at radius 3 is 2.76 bits per heavy atom. The quantitative estimate of drug-likeness (QED) is 0.832. The third-order valence-corrected chi connectivity index (χ3v) is 3.62. The van der Waals surface area contributed by atoms with Crippen molar-refractivity contribution in [1.82, 2.24) is 4.98 Å². The fourth-order valence-corrected chi connectivity index (χ4v) is 2.50. The van der Waals surface area contributed by atoms with Crippen LogP contribution in [0.3, 0.4) is 0 Å². The van der Waals surface area contributed by atoms with Crippen molar-refractivity contribution in [3.8, 4) is 6.07 Å². The molecule has 0 atom stereocenters. The van der Waals surface area contributed by atoms with Crippen LogP contribution in [0.25, 0.3) is 0 Å². The van der Waals surface area contributed by atoms with Gasteiger partial charge in [0.15, 0.2) is 0 Å². The molecule has 86 valence electrons. The first-order chi connectivity index (χ1) is 8.20. The van der Waals surface area contributed by atoms with Gasteiger partial charge in [0.1, 0.15) is 11.9 Å². The Kier molecular flexibility index (Phi) is 3.40. The highest BCUT2D eigenvalue weighted by Gasteiger charge is 2.06. The number of thiophene rings is 1. The van der Waals surface area contributed by atoms with E-state index in [2.05, 4.69) is 34.3 Å². The van der Waals surface area contributed by atoms with Crippen molar-refractivity contribution in [1.29, 1.82) is 5.26 Å². The van der Waals surface area contributed by atoms with E-state index in [-0.39, 0.29) is 0 Å². The van der Waals surface area contributed by atoms with Gasteiger partial charge < -0.3 is 4.90 Å². The lowest BCUT2D eigenvalue weighted by molar-refractivity contribution is 0.906. The second-order valence-corrected chi connectivity index (χ2v) is 4.90. The second-order valence-electron chi connectivity index (χ2n) is 3.90. The Hall–Kier alpha value is -1.86. The first kappa shape index (κ1) is 11.6. The lowest BCUT2D eigenvalue weighted by Gasteiger charge is -2.17. The molecule has 0 spiro atoms. The monoisotopic (exact) mass is 243 g/mol. The zero-order valence-electron chi connectivity index (χ0n) is 9.84. The van der Waals surface area contributed by atoms with Gasteiger partial charge in [-0.15, -0.1) is 11.3 Å². The number of aromatic nitrogens is 1. The van der Waals surface area contributed by atoms with Crippen LogP contribution < -0.4 is 4.90 Å². The fourth-order valence-electron chi connectivity index (χ4n) is 1.54. The lowest BCUT2D eigenvalue weighted by Crippen LogP contribution is -2.17. The van der Waals surface area contributed by atoms with Gasteiger partial charge in [-0.1, -0.05) is 0 Å². The summed E-state index contributed by atoms with van der Waals surface area (Å²) in [5.74, 6) is 0.886. The molecule has 2 heterocycles. The average molecular weight is 243 g/mol. The van der Waals surface area contributed by atoms with Crippen LogP contribution in [0.4, 0.5) is 5.82 Å². The first-order valence-corrected chi connectivity index (χ1v) is 6.19. The number of aryl methyl sites for hydroxylation is 1. The molecule has 0 radical (unpaired) electrons. The highest BCUT2D eigenvalue weighted by atomic mass is 32.1. The fraction of sp³-hybridized carbons (Fsp3) is 0.231. The topological polar surface area (TPSA) is 39.9 Å². The molecule has 0 saturated heterocycles. The predicted octanol–water partition coefficient (Wildman–Crippen LogP) is 2.96. The van der Waals surface area contributed by atoms with Crippen LogP contribution in [0.15, 0.2) is 29.8 Å². The summed E-state index contributed by atoms with van der Waals surface area (Å²) in [5.41, 5.74) is 1.91. The minimum absolute atomic E-state index is 0.592. The van der Waals surface area contributed by atoms with Crippen LogP contribution in [0, 0.1) is 18.3 Å². The maximum Gasteiger partial charge on any atom is 0.128 e. The highest BCUT2D eigenvalue weighted by molar-refractivity contribution is 7.10. The average Bonchev–Trinajstić information content (AvgIpc) is 2.75. The van der Waals surface area contributed by atoms with Crippen molar-refractivity contribution in [3.63, 3.8) is 0 Å². The van der Waals surface area contributed by atoms with E-state index in [0.717, 1.165) is 12.4 Å². The molecule has 3 nitrogen and oxygen atoms in total. The summed E-state index contributed by atoms with van der Waals surface area (Å²) < 4.78 is 0. The van der Waals surface area contributed by atoms with E-state index in [4.69, 9.17) is 5.26 Å². The standard InChI is InChI=1S/C13H13N3S/c1-10-5-6-17-12(10)9-16(2)13-4-3-11(7-14)8-15-13/h3-6,8H,9H2,1-2H3. The van der Waals surface area contributed by atoms with Gasteiger partial charge in [-0.3, -0.25) is 0 Å². The van der Waals surface area contributed by atoms with E-state index in [9.17, 15) is 0 Å². The van der Waals surface area contributed by atoms with Gasteiger partial charge in [-0.2, -0.15) is 5.26 Å². The van der Waals surface area contributed by atoms with Crippen LogP contribution in [-0.4, -0.2) is 12.0 Å². The summed E-state index contributed by atoms with van der Waals surface area (Å²) in [6.45, 7) is 2.97. The number of hydrogen-bond acceptors (Lipinski definition) is 4. The largest absolute Gasteiger partial charge is 0.355 e. The summed E-state index contributed by atoms with van der Waals surface area (Å²) in [6, 6.07) is 7.86. The van der Waals surface area contributed by atoms with Crippen LogP contribution >= 0.6 is 11.3 Å². The molecule has 17 heavy (non-hydrogen) atoms. The second kappa shape index (κ2) is 4.98. The predicted molar refractivity (Wildman–Crippen MR) is 70.1 cm³/mol. The molecule has 0 amide bonds. The third kappa shape index (κ3) is 2.63. The summed E-state index contributed by atoms with van der Waals surface area (Å²) in [7, 11) is 2.01. The zero-order chi connectivity index (χ0) is 12.3. The number of nitrogens with zero attached hydrogens (tertiary/aromatic N) is 3. The maximum atomic E-state index is 8.71. The first-order valence-electron chi connectivity index (χ1n) is 5.31. The van der Waals surface area contributed by atoms with Crippen LogP contribution in [0.1, 0.15) is 16.0 Å². The molecule has 0 unspecified atom stereocenters. The van der Waals surface area contributed by atoms with Crippen molar-refractivity contribution in [2.45, 2.75) is 13.5 Å². The molecule has 2 aromatic heterocycles. The molecule has 0 saturated carbocycles. The smallest absolute Gasteiger partial charge is 0.128 e. The number of pyridine rings is 1. The molecule has 0 fully saturated rings. The maximum absolute atomic E-state index is 8.71. The van der Waals surface area contributed by atoms with Crippen molar-refractivity contribution in [2.24, 2.45) is 0 Å². The normalized spacial score (nSPS) is 9.94. The number of anilines is 1. The van der Waals surface area contributed by atoms with E-state index in [1.54, 1.807) is 23.6 Å². The molecule has 2 aromatic rings. The van der Waals surface area contributed by atoms with Gasteiger partial charge in [0.25, 0.3) is 0 Å². The molecule has 4 heteroatoms. The molecule has 0 N–H and O–H groups in total. The Balaban J connectivity index is 2.12. The Bertz CT molecular complexity index is 537. The Morgan fingerprint density at radius 1 is 1.41 bits per heavy atom. The summed E-state index contributed by atoms with van der Waals surface area (Å²) in [4.78, 5) is 7.70. The molecule has 0 aromatic carbocycles. The van der Waals surface area contributed by atoms with E-state index in [0.29, 0.717) is 5.56 Å².